The number of rotatable bonds is 6. The van der Waals surface area contributed by atoms with E-state index in [1.165, 1.54) is 12.1 Å². The fraction of sp³-hybridized carbons (Fsp3) is 0.222. The number of hydrogen-bond acceptors (Lipinski definition) is 2. The molecule has 21 heavy (non-hydrogen) atoms. The summed E-state index contributed by atoms with van der Waals surface area (Å²) in [5, 5.41) is 3.14. The normalized spacial score (nSPS) is 12.5. The van der Waals surface area contributed by atoms with Crippen molar-refractivity contribution >= 4 is 6.08 Å². The van der Waals surface area contributed by atoms with Crippen molar-refractivity contribution in [3.63, 3.8) is 0 Å². The molecule has 1 atom stereocenters. The van der Waals surface area contributed by atoms with Crippen molar-refractivity contribution in [2.24, 2.45) is 0 Å². The predicted octanol–water partition coefficient (Wildman–Crippen LogP) is 4.20. The summed E-state index contributed by atoms with van der Waals surface area (Å²) >= 11 is 0. The van der Waals surface area contributed by atoms with Gasteiger partial charge in [0.25, 0.3) is 0 Å². The number of halogens is 1. The first-order valence-corrected chi connectivity index (χ1v) is 7.02. The SMILES string of the molecule is CNC(C)c1ccc(F)cc1OCC=Cc1ccccc1. The molecule has 0 aliphatic carbocycles. The van der Waals surface area contributed by atoms with E-state index in [9.17, 15) is 4.39 Å². The van der Waals surface area contributed by atoms with Crippen LogP contribution < -0.4 is 10.1 Å². The first-order chi connectivity index (χ1) is 10.2. The van der Waals surface area contributed by atoms with Crippen molar-refractivity contribution < 1.29 is 9.13 Å². The number of nitrogens with one attached hydrogen (secondary N) is 1. The van der Waals surface area contributed by atoms with Crippen molar-refractivity contribution in [1.82, 2.24) is 5.32 Å². The molecule has 0 fully saturated rings. The summed E-state index contributed by atoms with van der Waals surface area (Å²) in [4.78, 5) is 0. The van der Waals surface area contributed by atoms with E-state index in [2.05, 4.69) is 5.32 Å². The van der Waals surface area contributed by atoms with Crippen LogP contribution in [0.2, 0.25) is 0 Å². The van der Waals surface area contributed by atoms with Gasteiger partial charge in [0.2, 0.25) is 0 Å². The fourth-order valence-corrected chi connectivity index (χ4v) is 2.03. The topological polar surface area (TPSA) is 21.3 Å². The van der Waals surface area contributed by atoms with E-state index in [-0.39, 0.29) is 11.9 Å². The Bertz CT molecular complexity index is 595. The van der Waals surface area contributed by atoms with Gasteiger partial charge in [0.1, 0.15) is 18.2 Å². The van der Waals surface area contributed by atoms with Gasteiger partial charge in [-0.15, -0.1) is 0 Å². The molecule has 0 saturated heterocycles. The zero-order chi connectivity index (χ0) is 15.1. The summed E-state index contributed by atoms with van der Waals surface area (Å²) in [6.45, 7) is 2.42. The van der Waals surface area contributed by atoms with Crippen LogP contribution in [0.1, 0.15) is 24.1 Å². The van der Waals surface area contributed by atoms with Crippen LogP contribution in [-0.2, 0) is 0 Å². The van der Waals surface area contributed by atoms with Gasteiger partial charge >= 0.3 is 0 Å². The Balaban J connectivity index is 2.02. The summed E-state index contributed by atoms with van der Waals surface area (Å²) in [6, 6.07) is 14.7. The predicted molar refractivity (Wildman–Crippen MR) is 84.8 cm³/mol. The van der Waals surface area contributed by atoms with Crippen LogP contribution in [-0.4, -0.2) is 13.7 Å². The highest BCUT2D eigenvalue weighted by Crippen LogP contribution is 2.26. The quantitative estimate of drug-likeness (QED) is 0.859. The van der Waals surface area contributed by atoms with Gasteiger partial charge in [0.05, 0.1) is 0 Å². The third-order valence-corrected chi connectivity index (χ3v) is 3.32. The maximum absolute atomic E-state index is 13.4. The van der Waals surface area contributed by atoms with E-state index < -0.39 is 0 Å². The van der Waals surface area contributed by atoms with Crippen LogP contribution in [0.15, 0.2) is 54.6 Å². The maximum atomic E-state index is 13.4. The first-order valence-electron chi connectivity index (χ1n) is 7.02. The molecule has 0 amide bonds. The fourth-order valence-electron chi connectivity index (χ4n) is 2.03. The molecule has 0 aromatic heterocycles. The van der Waals surface area contributed by atoms with Crippen LogP contribution in [0.4, 0.5) is 4.39 Å². The van der Waals surface area contributed by atoms with E-state index in [0.717, 1.165) is 11.1 Å². The highest BCUT2D eigenvalue weighted by Gasteiger charge is 2.10. The zero-order valence-electron chi connectivity index (χ0n) is 12.3. The lowest BCUT2D eigenvalue weighted by atomic mass is 10.1. The molecule has 0 aliphatic rings. The maximum Gasteiger partial charge on any atom is 0.127 e. The van der Waals surface area contributed by atoms with Gasteiger partial charge in [-0.2, -0.15) is 0 Å². The molecule has 0 heterocycles. The van der Waals surface area contributed by atoms with Gasteiger partial charge in [-0.1, -0.05) is 42.5 Å². The van der Waals surface area contributed by atoms with E-state index in [4.69, 9.17) is 4.74 Å². The second-order valence-corrected chi connectivity index (χ2v) is 4.82. The van der Waals surface area contributed by atoms with Gasteiger partial charge < -0.3 is 10.1 Å². The Morgan fingerprint density at radius 3 is 2.67 bits per heavy atom. The number of benzene rings is 2. The van der Waals surface area contributed by atoms with Crippen LogP contribution in [0, 0.1) is 5.82 Å². The van der Waals surface area contributed by atoms with Gasteiger partial charge in [-0.3, -0.25) is 0 Å². The van der Waals surface area contributed by atoms with Crippen molar-refractivity contribution in [3.8, 4) is 5.75 Å². The smallest absolute Gasteiger partial charge is 0.127 e. The highest BCUT2D eigenvalue weighted by atomic mass is 19.1. The number of hydrogen-bond donors (Lipinski definition) is 1. The number of ether oxygens (including phenoxy) is 1. The van der Waals surface area contributed by atoms with Crippen LogP contribution in [0.3, 0.4) is 0 Å². The molecular weight excluding hydrogens is 265 g/mol. The van der Waals surface area contributed by atoms with Gasteiger partial charge in [0, 0.05) is 17.7 Å². The highest BCUT2D eigenvalue weighted by molar-refractivity contribution is 5.48. The monoisotopic (exact) mass is 285 g/mol. The molecule has 0 bridgehead atoms. The van der Waals surface area contributed by atoms with E-state index in [0.29, 0.717) is 12.4 Å². The molecule has 110 valence electrons. The molecule has 0 spiro atoms. The Morgan fingerprint density at radius 2 is 1.95 bits per heavy atom. The third kappa shape index (κ3) is 4.43. The van der Waals surface area contributed by atoms with Gasteiger partial charge in [-0.25, -0.2) is 4.39 Å². The zero-order valence-corrected chi connectivity index (χ0v) is 12.3. The van der Waals surface area contributed by atoms with Crippen LogP contribution in [0.5, 0.6) is 5.75 Å². The van der Waals surface area contributed by atoms with Crippen molar-refractivity contribution in [1.29, 1.82) is 0 Å². The lowest BCUT2D eigenvalue weighted by Crippen LogP contribution is -2.14. The summed E-state index contributed by atoms with van der Waals surface area (Å²) in [6.07, 6.45) is 3.91. The summed E-state index contributed by atoms with van der Waals surface area (Å²) < 4.78 is 19.1. The Morgan fingerprint density at radius 1 is 1.19 bits per heavy atom. The van der Waals surface area contributed by atoms with Gasteiger partial charge in [-0.05, 0) is 31.7 Å². The van der Waals surface area contributed by atoms with Gasteiger partial charge in [0.15, 0.2) is 0 Å². The minimum Gasteiger partial charge on any atom is -0.489 e. The Labute approximate surface area is 125 Å². The molecule has 2 aromatic carbocycles. The average Bonchev–Trinajstić information content (AvgIpc) is 2.52. The van der Waals surface area contributed by atoms with E-state index in [1.54, 1.807) is 6.07 Å². The summed E-state index contributed by atoms with van der Waals surface area (Å²) in [5.41, 5.74) is 2.07. The first kappa shape index (κ1) is 15.3. The molecule has 2 rings (SSSR count). The molecular formula is C18H20FNO. The van der Waals surface area contributed by atoms with Crippen LogP contribution >= 0.6 is 0 Å². The third-order valence-electron chi connectivity index (χ3n) is 3.32. The Kier molecular flexibility index (Phi) is 5.52. The lowest BCUT2D eigenvalue weighted by molar-refractivity contribution is 0.353. The molecule has 2 nitrogen and oxygen atoms in total. The lowest BCUT2D eigenvalue weighted by Gasteiger charge is -2.15. The molecule has 1 unspecified atom stereocenters. The second kappa shape index (κ2) is 7.60. The van der Waals surface area contributed by atoms with Crippen LogP contribution in [0.25, 0.3) is 6.08 Å². The molecule has 0 radical (unpaired) electrons. The van der Waals surface area contributed by atoms with Crippen molar-refractivity contribution in [2.75, 3.05) is 13.7 Å². The summed E-state index contributed by atoms with van der Waals surface area (Å²) in [7, 11) is 1.87. The molecule has 0 aliphatic heterocycles. The molecule has 3 heteroatoms. The molecule has 2 aromatic rings. The largest absolute Gasteiger partial charge is 0.489 e. The molecule has 1 N–H and O–H groups in total. The van der Waals surface area contributed by atoms with E-state index in [1.807, 2.05) is 56.5 Å². The molecule has 0 saturated carbocycles. The minimum absolute atomic E-state index is 0.110. The Hall–Kier alpha value is -2.13. The van der Waals surface area contributed by atoms with Crippen molar-refractivity contribution in [2.45, 2.75) is 13.0 Å². The van der Waals surface area contributed by atoms with E-state index >= 15 is 0 Å². The minimum atomic E-state index is -0.288. The van der Waals surface area contributed by atoms with Crippen molar-refractivity contribution in [3.05, 3.63) is 71.6 Å². The summed E-state index contributed by atoms with van der Waals surface area (Å²) in [5.74, 6) is 0.290. The second-order valence-electron chi connectivity index (χ2n) is 4.82. The standard InChI is InChI=1S/C18H20FNO/c1-14(20-2)17-11-10-16(19)13-18(17)21-12-6-9-15-7-4-3-5-8-15/h3-11,13-14,20H,12H2,1-2H3. The average molecular weight is 285 g/mol.